The van der Waals surface area contributed by atoms with Crippen LogP contribution in [0.15, 0.2) is 30.3 Å². The van der Waals surface area contributed by atoms with Crippen LogP contribution < -0.4 is 4.74 Å². The number of aromatic nitrogens is 1. The molecule has 2 rings (SSSR count). The Morgan fingerprint density at radius 2 is 2.15 bits per heavy atom. The van der Waals surface area contributed by atoms with Crippen LogP contribution in [0, 0.1) is 17.3 Å². The molecular weight excluding hydrogens is 263 g/mol. The van der Waals surface area contributed by atoms with E-state index in [-0.39, 0.29) is 16.8 Å². The van der Waals surface area contributed by atoms with Crippen LogP contribution in [-0.4, -0.2) is 23.2 Å². The fourth-order valence-electron chi connectivity index (χ4n) is 1.78. The molecule has 0 bridgehead atoms. The summed E-state index contributed by atoms with van der Waals surface area (Å²) in [6.45, 7) is 0. The minimum Gasteiger partial charge on any atom is -0.496 e. The van der Waals surface area contributed by atoms with Gasteiger partial charge >= 0.3 is 5.97 Å². The zero-order valence-corrected chi connectivity index (χ0v) is 10.4. The number of aromatic carboxylic acids is 1. The first-order chi connectivity index (χ1) is 9.56. The highest BCUT2D eigenvalue weighted by molar-refractivity contribution is 5.95. The summed E-state index contributed by atoms with van der Waals surface area (Å²) in [6.07, 6.45) is 0. The number of halogens is 1. The van der Waals surface area contributed by atoms with Gasteiger partial charge in [-0.2, -0.15) is 9.65 Å². The molecule has 0 radical (unpaired) electrons. The molecule has 0 unspecified atom stereocenters. The molecule has 1 heterocycles. The SMILES string of the molecule is COc1ccc(C#N)cc1-c1nc(F)ccc1C(=O)O. The smallest absolute Gasteiger partial charge is 0.337 e. The maximum absolute atomic E-state index is 13.3. The Morgan fingerprint density at radius 3 is 2.75 bits per heavy atom. The lowest BCUT2D eigenvalue weighted by molar-refractivity contribution is 0.0697. The summed E-state index contributed by atoms with van der Waals surface area (Å²) >= 11 is 0. The van der Waals surface area contributed by atoms with Crippen molar-refractivity contribution in [2.45, 2.75) is 0 Å². The van der Waals surface area contributed by atoms with Crippen LogP contribution in [0.5, 0.6) is 5.75 Å². The van der Waals surface area contributed by atoms with E-state index in [1.165, 1.54) is 25.3 Å². The van der Waals surface area contributed by atoms with Crippen molar-refractivity contribution in [3.63, 3.8) is 0 Å². The normalized spacial score (nSPS) is 9.85. The van der Waals surface area contributed by atoms with E-state index in [0.717, 1.165) is 12.1 Å². The Labute approximate surface area is 113 Å². The Bertz CT molecular complexity index is 723. The van der Waals surface area contributed by atoms with Crippen LogP contribution in [0.2, 0.25) is 0 Å². The fraction of sp³-hybridized carbons (Fsp3) is 0.0714. The highest BCUT2D eigenvalue weighted by Gasteiger charge is 2.18. The summed E-state index contributed by atoms with van der Waals surface area (Å²) < 4.78 is 18.4. The number of hydrogen-bond acceptors (Lipinski definition) is 4. The zero-order chi connectivity index (χ0) is 14.7. The van der Waals surface area contributed by atoms with Gasteiger partial charge in [-0.05, 0) is 30.3 Å². The lowest BCUT2D eigenvalue weighted by atomic mass is 10.0. The van der Waals surface area contributed by atoms with Crippen LogP contribution in [0.3, 0.4) is 0 Å². The topological polar surface area (TPSA) is 83.2 Å². The highest BCUT2D eigenvalue weighted by Crippen LogP contribution is 2.32. The second-order valence-corrected chi connectivity index (χ2v) is 3.86. The Kier molecular flexibility index (Phi) is 3.62. The Balaban J connectivity index is 2.76. The van der Waals surface area contributed by atoms with E-state index < -0.39 is 11.9 Å². The first-order valence-electron chi connectivity index (χ1n) is 5.55. The number of carboxylic acid groups (broad SMARTS) is 1. The molecule has 0 saturated heterocycles. The minimum atomic E-state index is -1.24. The number of hydrogen-bond donors (Lipinski definition) is 1. The molecule has 1 N–H and O–H groups in total. The van der Waals surface area contributed by atoms with Gasteiger partial charge in [0, 0.05) is 5.56 Å². The lowest BCUT2D eigenvalue weighted by Crippen LogP contribution is -2.04. The molecule has 0 amide bonds. The van der Waals surface area contributed by atoms with Crippen molar-refractivity contribution < 1.29 is 19.0 Å². The molecule has 20 heavy (non-hydrogen) atoms. The maximum atomic E-state index is 13.3. The number of nitrogens with zero attached hydrogens (tertiary/aromatic N) is 2. The number of rotatable bonds is 3. The number of carbonyl (C=O) groups is 1. The number of methoxy groups -OCH3 is 1. The first kappa shape index (κ1) is 13.5. The van der Waals surface area contributed by atoms with E-state index in [4.69, 9.17) is 15.1 Å². The number of nitriles is 1. The average molecular weight is 272 g/mol. The standard InChI is InChI=1S/C14H9FN2O3/c1-20-11-4-2-8(7-16)6-10(11)13-9(14(18)19)3-5-12(15)17-13/h2-6H,1H3,(H,18,19). The number of pyridine rings is 1. The van der Waals surface area contributed by atoms with Crippen LogP contribution in [0.1, 0.15) is 15.9 Å². The maximum Gasteiger partial charge on any atom is 0.337 e. The number of carboxylic acids is 1. The van der Waals surface area contributed by atoms with E-state index in [2.05, 4.69) is 4.98 Å². The molecule has 1 aromatic heterocycles. The van der Waals surface area contributed by atoms with Gasteiger partial charge in [-0.25, -0.2) is 9.78 Å². The van der Waals surface area contributed by atoms with Gasteiger partial charge in [-0.15, -0.1) is 0 Å². The summed E-state index contributed by atoms with van der Waals surface area (Å²) in [5.74, 6) is -1.74. The molecule has 0 aliphatic carbocycles. The predicted molar refractivity (Wildman–Crippen MR) is 67.9 cm³/mol. The molecule has 2 aromatic rings. The second-order valence-electron chi connectivity index (χ2n) is 3.86. The number of ether oxygens (including phenoxy) is 1. The van der Waals surface area contributed by atoms with Gasteiger partial charge in [-0.3, -0.25) is 0 Å². The third kappa shape index (κ3) is 2.42. The zero-order valence-electron chi connectivity index (χ0n) is 10.4. The van der Waals surface area contributed by atoms with Gasteiger partial charge in [0.2, 0.25) is 5.95 Å². The third-order valence-corrected chi connectivity index (χ3v) is 2.68. The molecule has 100 valence electrons. The van der Waals surface area contributed by atoms with Crippen molar-refractivity contribution in [3.05, 3.63) is 47.4 Å². The molecule has 0 fully saturated rings. The van der Waals surface area contributed by atoms with Crippen LogP contribution in [0.4, 0.5) is 4.39 Å². The molecule has 0 saturated carbocycles. The van der Waals surface area contributed by atoms with E-state index >= 15 is 0 Å². The van der Waals surface area contributed by atoms with Gasteiger partial charge in [0.15, 0.2) is 0 Å². The van der Waals surface area contributed by atoms with Crippen molar-refractivity contribution in [1.29, 1.82) is 5.26 Å². The summed E-state index contributed by atoms with van der Waals surface area (Å²) in [4.78, 5) is 14.8. The van der Waals surface area contributed by atoms with Crippen LogP contribution in [0.25, 0.3) is 11.3 Å². The Hall–Kier alpha value is -2.94. The quantitative estimate of drug-likeness (QED) is 0.868. The molecule has 0 spiro atoms. The molecule has 1 aromatic carbocycles. The molecule has 0 aliphatic rings. The van der Waals surface area contributed by atoms with E-state index in [1.807, 2.05) is 6.07 Å². The largest absolute Gasteiger partial charge is 0.496 e. The second kappa shape index (κ2) is 5.36. The first-order valence-corrected chi connectivity index (χ1v) is 5.55. The average Bonchev–Trinajstić information content (AvgIpc) is 2.46. The minimum absolute atomic E-state index is 0.0774. The van der Waals surface area contributed by atoms with E-state index in [0.29, 0.717) is 11.3 Å². The lowest BCUT2D eigenvalue weighted by Gasteiger charge is -2.10. The monoisotopic (exact) mass is 272 g/mol. The van der Waals surface area contributed by atoms with Gasteiger partial charge in [-0.1, -0.05) is 0 Å². The van der Waals surface area contributed by atoms with Crippen molar-refractivity contribution in [1.82, 2.24) is 4.98 Å². The van der Waals surface area contributed by atoms with E-state index in [9.17, 15) is 9.18 Å². The van der Waals surface area contributed by atoms with Crippen molar-refractivity contribution in [2.75, 3.05) is 7.11 Å². The van der Waals surface area contributed by atoms with Gasteiger partial charge in [0.05, 0.1) is 30.0 Å². The summed E-state index contributed by atoms with van der Waals surface area (Å²) in [5.41, 5.74) is 0.304. The highest BCUT2D eigenvalue weighted by atomic mass is 19.1. The van der Waals surface area contributed by atoms with Crippen LogP contribution in [-0.2, 0) is 0 Å². The van der Waals surface area contributed by atoms with Gasteiger partial charge in [0.25, 0.3) is 0 Å². The fourth-order valence-corrected chi connectivity index (χ4v) is 1.78. The van der Waals surface area contributed by atoms with Gasteiger partial charge < -0.3 is 9.84 Å². The third-order valence-electron chi connectivity index (χ3n) is 2.68. The number of benzene rings is 1. The van der Waals surface area contributed by atoms with Crippen molar-refractivity contribution in [3.8, 4) is 23.1 Å². The predicted octanol–water partition coefficient (Wildman–Crippen LogP) is 2.47. The molecular formula is C14H9FN2O3. The molecule has 6 heteroatoms. The van der Waals surface area contributed by atoms with Gasteiger partial charge in [0.1, 0.15) is 5.75 Å². The van der Waals surface area contributed by atoms with E-state index in [1.54, 1.807) is 0 Å². The van der Waals surface area contributed by atoms with Crippen LogP contribution >= 0.6 is 0 Å². The molecule has 0 atom stereocenters. The summed E-state index contributed by atoms with van der Waals surface area (Å²) in [5, 5.41) is 18.0. The van der Waals surface area contributed by atoms with Crippen molar-refractivity contribution in [2.24, 2.45) is 0 Å². The summed E-state index contributed by atoms with van der Waals surface area (Å²) in [6, 6.07) is 8.45. The van der Waals surface area contributed by atoms with Crippen molar-refractivity contribution >= 4 is 5.97 Å². The molecule has 5 nitrogen and oxygen atoms in total. The Morgan fingerprint density at radius 1 is 1.40 bits per heavy atom. The molecule has 0 aliphatic heterocycles. The summed E-state index contributed by atoms with van der Waals surface area (Å²) in [7, 11) is 1.39.